The number of aromatic nitrogens is 1. The van der Waals surface area contributed by atoms with Crippen LogP contribution < -0.4 is 10.9 Å². The van der Waals surface area contributed by atoms with Gasteiger partial charge in [-0.25, -0.2) is 8.42 Å². The van der Waals surface area contributed by atoms with Crippen molar-refractivity contribution in [2.75, 3.05) is 31.6 Å². The Kier molecular flexibility index (Phi) is 7.56. The number of carbonyl (C=O) groups excluding carboxylic acids is 1. The Morgan fingerprint density at radius 3 is 2.26 bits per heavy atom. The minimum absolute atomic E-state index is 0.0633. The van der Waals surface area contributed by atoms with Gasteiger partial charge >= 0.3 is 0 Å². The molecule has 178 valence electrons. The minimum atomic E-state index is -3.52. The summed E-state index contributed by atoms with van der Waals surface area (Å²) >= 11 is 0. The molecule has 1 saturated heterocycles. The average molecular weight is 482 g/mol. The van der Waals surface area contributed by atoms with Crippen molar-refractivity contribution < 1.29 is 17.9 Å². The van der Waals surface area contributed by atoms with E-state index in [0.29, 0.717) is 45.0 Å². The van der Waals surface area contributed by atoms with Crippen LogP contribution in [-0.2, 0) is 32.5 Å². The van der Waals surface area contributed by atoms with Crippen LogP contribution in [-0.4, -0.2) is 49.5 Å². The Hall–Kier alpha value is -3.27. The van der Waals surface area contributed by atoms with Crippen LogP contribution in [0.15, 0.2) is 82.6 Å². The number of nitrogens with one attached hydrogen (secondary N) is 1. The largest absolute Gasteiger partial charge is 0.379 e. The van der Waals surface area contributed by atoms with E-state index in [4.69, 9.17) is 4.74 Å². The first kappa shape index (κ1) is 23.9. The van der Waals surface area contributed by atoms with Crippen LogP contribution in [0.3, 0.4) is 0 Å². The van der Waals surface area contributed by atoms with Gasteiger partial charge in [-0.05, 0) is 47.9 Å². The number of hydrogen-bond acceptors (Lipinski definition) is 5. The van der Waals surface area contributed by atoms with Crippen LogP contribution in [0.1, 0.15) is 17.5 Å². The molecule has 1 amide bonds. The number of benzene rings is 2. The molecule has 0 bridgehead atoms. The summed E-state index contributed by atoms with van der Waals surface area (Å²) in [4.78, 5) is 24.5. The molecule has 0 unspecified atom stereocenters. The molecule has 0 spiro atoms. The third-order valence-corrected chi connectivity index (χ3v) is 7.57. The normalized spacial score (nSPS) is 14.6. The number of aryl methyl sites for hydroxylation is 1. The van der Waals surface area contributed by atoms with Crippen molar-refractivity contribution in [3.05, 3.63) is 94.4 Å². The summed E-state index contributed by atoms with van der Waals surface area (Å²) in [7, 11) is -3.52. The number of sulfonamides is 1. The van der Waals surface area contributed by atoms with Gasteiger partial charge in [-0.15, -0.1) is 0 Å². The highest BCUT2D eigenvalue weighted by Gasteiger charge is 2.26. The molecule has 1 fully saturated rings. The van der Waals surface area contributed by atoms with Gasteiger partial charge < -0.3 is 14.6 Å². The van der Waals surface area contributed by atoms with Crippen molar-refractivity contribution in [3.63, 3.8) is 0 Å². The quantitative estimate of drug-likeness (QED) is 0.533. The zero-order valence-electron chi connectivity index (χ0n) is 18.7. The number of carbonyl (C=O) groups is 1. The standard InChI is InChI=1S/C25H27N3O5S/c29-24(26-22-9-4-21(5-10-22)19-27-14-2-1-3-25(27)30)13-8-20-6-11-23(12-7-20)34(31,32)28-15-17-33-18-16-28/h1-7,9-12,14H,8,13,15-19H2,(H,26,29). The predicted octanol–water partition coefficient (Wildman–Crippen LogP) is 2.49. The molecule has 0 radical (unpaired) electrons. The molecule has 9 heteroatoms. The lowest BCUT2D eigenvalue weighted by atomic mass is 10.1. The van der Waals surface area contributed by atoms with Gasteiger partial charge in [-0.1, -0.05) is 30.3 Å². The second-order valence-electron chi connectivity index (χ2n) is 8.07. The molecule has 1 N–H and O–H groups in total. The summed E-state index contributed by atoms with van der Waals surface area (Å²) in [5.41, 5.74) is 2.46. The van der Waals surface area contributed by atoms with Crippen LogP contribution in [0.4, 0.5) is 5.69 Å². The molecule has 0 aliphatic carbocycles. The van der Waals surface area contributed by atoms with Gasteiger partial charge in [0.25, 0.3) is 5.56 Å². The monoisotopic (exact) mass is 481 g/mol. The lowest BCUT2D eigenvalue weighted by Gasteiger charge is -2.26. The molecular formula is C25H27N3O5S. The van der Waals surface area contributed by atoms with Gasteiger partial charge in [0.1, 0.15) is 0 Å². The van der Waals surface area contributed by atoms with Gasteiger partial charge in [-0.2, -0.15) is 4.31 Å². The van der Waals surface area contributed by atoms with E-state index in [1.54, 1.807) is 41.1 Å². The summed E-state index contributed by atoms with van der Waals surface area (Å²) < 4.78 is 33.7. The molecular weight excluding hydrogens is 454 g/mol. The maximum Gasteiger partial charge on any atom is 0.250 e. The van der Waals surface area contributed by atoms with Crippen molar-refractivity contribution in [3.8, 4) is 0 Å². The number of pyridine rings is 1. The molecule has 1 aliphatic heterocycles. The van der Waals surface area contributed by atoms with Gasteiger partial charge in [0.2, 0.25) is 15.9 Å². The fourth-order valence-corrected chi connectivity index (χ4v) is 5.13. The number of ether oxygens (including phenoxy) is 1. The Labute approximate surface area is 198 Å². The Morgan fingerprint density at radius 2 is 1.59 bits per heavy atom. The van der Waals surface area contributed by atoms with Crippen molar-refractivity contribution in [2.45, 2.75) is 24.3 Å². The molecule has 0 saturated carbocycles. The molecule has 2 heterocycles. The maximum absolute atomic E-state index is 12.7. The zero-order valence-corrected chi connectivity index (χ0v) is 19.5. The van der Waals surface area contributed by atoms with Gasteiger partial charge in [0.05, 0.1) is 24.7 Å². The average Bonchev–Trinajstić information content (AvgIpc) is 2.86. The highest BCUT2D eigenvalue weighted by Crippen LogP contribution is 2.18. The van der Waals surface area contributed by atoms with Gasteiger partial charge in [0.15, 0.2) is 0 Å². The molecule has 8 nitrogen and oxygen atoms in total. The topological polar surface area (TPSA) is 97.7 Å². The number of rotatable bonds is 8. The van der Waals surface area contributed by atoms with E-state index in [9.17, 15) is 18.0 Å². The van der Waals surface area contributed by atoms with Gasteiger partial charge in [-0.3, -0.25) is 9.59 Å². The molecule has 2 aromatic carbocycles. The third kappa shape index (κ3) is 5.99. The number of nitrogens with zero attached hydrogens (tertiary/aromatic N) is 2. The summed E-state index contributed by atoms with van der Waals surface area (Å²) in [5.74, 6) is -0.128. The van der Waals surface area contributed by atoms with E-state index in [0.717, 1.165) is 11.1 Å². The van der Waals surface area contributed by atoms with Crippen LogP contribution in [0, 0.1) is 0 Å². The number of anilines is 1. The molecule has 1 aliphatic rings. The lowest BCUT2D eigenvalue weighted by Crippen LogP contribution is -2.40. The first-order valence-corrected chi connectivity index (χ1v) is 12.6. The van der Waals surface area contributed by atoms with E-state index in [2.05, 4.69) is 5.32 Å². The molecule has 0 atom stereocenters. The van der Waals surface area contributed by atoms with Crippen molar-refractivity contribution in [2.24, 2.45) is 0 Å². The second kappa shape index (κ2) is 10.8. The SMILES string of the molecule is O=C(CCc1ccc(S(=O)(=O)N2CCOCC2)cc1)Nc1ccc(Cn2ccccc2=O)cc1. The minimum Gasteiger partial charge on any atom is -0.379 e. The molecule has 34 heavy (non-hydrogen) atoms. The number of morpholine rings is 1. The van der Waals surface area contributed by atoms with E-state index in [1.807, 2.05) is 30.3 Å². The molecule has 4 rings (SSSR count). The van der Waals surface area contributed by atoms with Crippen LogP contribution >= 0.6 is 0 Å². The number of amides is 1. The fraction of sp³-hybridized carbons (Fsp3) is 0.280. The van der Waals surface area contributed by atoms with Crippen molar-refractivity contribution in [1.29, 1.82) is 0 Å². The van der Waals surface area contributed by atoms with Crippen LogP contribution in [0.5, 0.6) is 0 Å². The molecule has 3 aromatic rings. The van der Waals surface area contributed by atoms with Gasteiger partial charge in [0, 0.05) is 37.5 Å². The first-order chi connectivity index (χ1) is 16.4. The zero-order chi connectivity index (χ0) is 24.0. The third-order valence-electron chi connectivity index (χ3n) is 5.66. The fourth-order valence-electron chi connectivity index (χ4n) is 3.73. The molecule has 1 aromatic heterocycles. The summed E-state index contributed by atoms with van der Waals surface area (Å²) in [5, 5.41) is 2.87. The lowest BCUT2D eigenvalue weighted by molar-refractivity contribution is -0.116. The smallest absolute Gasteiger partial charge is 0.250 e. The second-order valence-corrected chi connectivity index (χ2v) is 10.0. The summed E-state index contributed by atoms with van der Waals surface area (Å²) in [6.07, 6.45) is 2.51. The highest BCUT2D eigenvalue weighted by atomic mass is 32.2. The Bertz CT molecular complexity index is 1280. The van der Waals surface area contributed by atoms with E-state index in [1.165, 1.54) is 10.4 Å². The van der Waals surface area contributed by atoms with E-state index >= 15 is 0 Å². The Balaban J connectivity index is 1.28. The van der Waals surface area contributed by atoms with Crippen LogP contribution in [0.2, 0.25) is 0 Å². The number of hydrogen-bond donors (Lipinski definition) is 1. The maximum atomic E-state index is 12.7. The summed E-state index contributed by atoms with van der Waals surface area (Å²) in [6.45, 7) is 1.99. The van der Waals surface area contributed by atoms with E-state index < -0.39 is 10.0 Å². The Morgan fingerprint density at radius 1 is 0.912 bits per heavy atom. The van der Waals surface area contributed by atoms with Crippen molar-refractivity contribution in [1.82, 2.24) is 8.87 Å². The van der Waals surface area contributed by atoms with Crippen LogP contribution in [0.25, 0.3) is 0 Å². The highest BCUT2D eigenvalue weighted by molar-refractivity contribution is 7.89. The first-order valence-electron chi connectivity index (χ1n) is 11.1. The van der Waals surface area contributed by atoms with Crippen molar-refractivity contribution >= 4 is 21.6 Å². The summed E-state index contributed by atoms with van der Waals surface area (Å²) in [6, 6.07) is 19.1. The van der Waals surface area contributed by atoms with E-state index in [-0.39, 0.29) is 22.8 Å². The predicted molar refractivity (Wildman–Crippen MR) is 129 cm³/mol.